The molecular weight excluding hydrogens is 296 g/mol. The zero-order valence-electron chi connectivity index (χ0n) is 12.9. The van der Waals surface area contributed by atoms with Crippen LogP contribution in [0.25, 0.3) is 5.69 Å². The quantitative estimate of drug-likeness (QED) is 0.795. The standard InChI is InChI=1S/C16H22N4OS/c1-2-16(10-6-11-16)14(21)9-12-22-15-17-18-19-20(15)13-7-4-3-5-8-13/h3-5,7-8,14,21H,2,6,9-12H2,1H3/t14-/m0/s1. The number of rotatable bonds is 7. The first-order chi connectivity index (χ1) is 10.7. The topological polar surface area (TPSA) is 63.8 Å². The van der Waals surface area contributed by atoms with Gasteiger partial charge < -0.3 is 5.11 Å². The molecule has 0 radical (unpaired) electrons. The van der Waals surface area contributed by atoms with E-state index in [4.69, 9.17) is 0 Å². The van der Waals surface area contributed by atoms with E-state index in [0.717, 1.165) is 42.3 Å². The SMILES string of the molecule is CCC1([C@@H](O)CCSc2nnnn2-c2ccccc2)CCC1. The molecule has 1 atom stereocenters. The summed E-state index contributed by atoms with van der Waals surface area (Å²) in [5.41, 5.74) is 1.13. The van der Waals surface area contributed by atoms with Crippen LogP contribution in [-0.4, -0.2) is 37.2 Å². The van der Waals surface area contributed by atoms with Crippen LogP contribution in [0.4, 0.5) is 0 Å². The third-order valence-corrected chi connectivity index (χ3v) is 5.78. The van der Waals surface area contributed by atoms with E-state index in [-0.39, 0.29) is 11.5 Å². The Morgan fingerprint density at radius 3 is 2.73 bits per heavy atom. The van der Waals surface area contributed by atoms with E-state index < -0.39 is 0 Å². The smallest absolute Gasteiger partial charge is 0.214 e. The molecule has 118 valence electrons. The largest absolute Gasteiger partial charge is 0.393 e. The van der Waals surface area contributed by atoms with Gasteiger partial charge in [-0.15, -0.1) is 5.10 Å². The van der Waals surface area contributed by atoms with Crippen molar-refractivity contribution in [2.24, 2.45) is 5.41 Å². The number of benzene rings is 1. The first-order valence-corrected chi connectivity index (χ1v) is 8.88. The van der Waals surface area contributed by atoms with E-state index >= 15 is 0 Å². The fourth-order valence-electron chi connectivity index (χ4n) is 3.12. The molecule has 5 nitrogen and oxygen atoms in total. The second-order valence-electron chi connectivity index (χ2n) is 5.93. The molecule has 1 N–H and O–H groups in total. The van der Waals surface area contributed by atoms with Crippen molar-refractivity contribution in [3.63, 3.8) is 0 Å². The van der Waals surface area contributed by atoms with Gasteiger partial charge in [-0.05, 0) is 53.7 Å². The maximum Gasteiger partial charge on any atom is 0.214 e. The predicted octanol–water partition coefficient (Wildman–Crippen LogP) is 3.09. The monoisotopic (exact) mass is 318 g/mol. The van der Waals surface area contributed by atoms with Crippen molar-refractivity contribution in [2.75, 3.05) is 5.75 Å². The normalized spacial score (nSPS) is 17.9. The highest BCUT2D eigenvalue weighted by atomic mass is 32.2. The zero-order valence-corrected chi connectivity index (χ0v) is 13.7. The Bertz CT molecular complexity index is 592. The highest BCUT2D eigenvalue weighted by Crippen LogP contribution is 2.47. The molecule has 1 fully saturated rings. The van der Waals surface area contributed by atoms with Crippen molar-refractivity contribution in [3.8, 4) is 5.69 Å². The van der Waals surface area contributed by atoms with Gasteiger partial charge in [0, 0.05) is 5.75 Å². The maximum absolute atomic E-state index is 10.5. The average Bonchev–Trinajstić information content (AvgIpc) is 2.96. The number of hydrogen-bond acceptors (Lipinski definition) is 5. The zero-order chi connectivity index (χ0) is 15.4. The number of aromatic nitrogens is 4. The molecule has 3 rings (SSSR count). The van der Waals surface area contributed by atoms with Crippen LogP contribution in [0.3, 0.4) is 0 Å². The molecule has 1 aromatic carbocycles. The molecule has 6 heteroatoms. The summed E-state index contributed by atoms with van der Waals surface area (Å²) >= 11 is 1.60. The highest BCUT2D eigenvalue weighted by molar-refractivity contribution is 7.99. The molecule has 0 bridgehead atoms. The number of thioether (sulfide) groups is 1. The minimum atomic E-state index is -0.209. The number of aliphatic hydroxyl groups excluding tert-OH is 1. The summed E-state index contributed by atoms with van der Waals surface area (Å²) in [6.07, 6.45) is 5.24. The van der Waals surface area contributed by atoms with Crippen LogP contribution in [0.5, 0.6) is 0 Å². The molecular formula is C16H22N4OS. The van der Waals surface area contributed by atoms with Gasteiger partial charge in [0.15, 0.2) is 0 Å². The highest BCUT2D eigenvalue weighted by Gasteiger charge is 2.41. The van der Waals surface area contributed by atoms with E-state index in [2.05, 4.69) is 22.4 Å². The average molecular weight is 318 g/mol. The van der Waals surface area contributed by atoms with Crippen LogP contribution < -0.4 is 0 Å². The van der Waals surface area contributed by atoms with Gasteiger partial charge in [-0.1, -0.05) is 43.3 Å². The first kappa shape index (κ1) is 15.5. The van der Waals surface area contributed by atoms with Crippen LogP contribution in [-0.2, 0) is 0 Å². The third-order valence-electron chi connectivity index (χ3n) is 4.82. The summed E-state index contributed by atoms with van der Waals surface area (Å²) in [5, 5.41) is 23.1. The summed E-state index contributed by atoms with van der Waals surface area (Å²) in [7, 11) is 0. The molecule has 0 aliphatic heterocycles. The van der Waals surface area contributed by atoms with E-state index in [1.165, 1.54) is 6.42 Å². The third kappa shape index (κ3) is 3.03. The van der Waals surface area contributed by atoms with Crippen molar-refractivity contribution in [1.29, 1.82) is 0 Å². The van der Waals surface area contributed by atoms with Gasteiger partial charge in [-0.25, -0.2) is 0 Å². The van der Waals surface area contributed by atoms with Crippen molar-refractivity contribution in [2.45, 2.75) is 50.3 Å². The molecule has 1 aliphatic rings. The van der Waals surface area contributed by atoms with E-state index in [9.17, 15) is 5.11 Å². The molecule has 2 aromatic rings. The first-order valence-electron chi connectivity index (χ1n) is 7.90. The second-order valence-corrected chi connectivity index (χ2v) is 6.99. The van der Waals surface area contributed by atoms with E-state index in [1.54, 1.807) is 16.4 Å². The lowest BCUT2D eigenvalue weighted by molar-refractivity contribution is -0.0386. The molecule has 0 amide bonds. The van der Waals surface area contributed by atoms with Crippen molar-refractivity contribution < 1.29 is 5.11 Å². The summed E-state index contributed by atoms with van der Waals surface area (Å²) in [5.74, 6) is 0.829. The van der Waals surface area contributed by atoms with Gasteiger partial charge in [0.2, 0.25) is 5.16 Å². The lowest BCUT2D eigenvalue weighted by atomic mass is 9.63. The Kier molecular flexibility index (Phi) is 4.78. The predicted molar refractivity (Wildman–Crippen MR) is 87.1 cm³/mol. The molecule has 0 saturated heterocycles. The molecule has 22 heavy (non-hydrogen) atoms. The molecule has 1 heterocycles. The number of hydrogen-bond donors (Lipinski definition) is 1. The van der Waals surface area contributed by atoms with Gasteiger partial charge >= 0.3 is 0 Å². The van der Waals surface area contributed by atoms with Crippen LogP contribution in [0.1, 0.15) is 39.0 Å². The molecule has 0 unspecified atom stereocenters. The molecule has 1 aromatic heterocycles. The second kappa shape index (κ2) is 6.79. The van der Waals surface area contributed by atoms with Crippen LogP contribution in [0.15, 0.2) is 35.5 Å². The summed E-state index contributed by atoms with van der Waals surface area (Å²) in [6, 6.07) is 9.87. The minimum Gasteiger partial charge on any atom is -0.393 e. The van der Waals surface area contributed by atoms with Gasteiger partial charge in [0.1, 0.15) is 0 Å². The Morgan fingerprint density at radius 2 is 2.09 bits per heavy atom. The van der Waals surface area contributed by atoms with E-state index in [0.29, 0.717) is 0 Å². The van der Waals surface area contributed by atoms with Gasteiger partial charge in [-0.3, -0.25) is 0 Å². The molecule has 1 aliphatic carbocycles. The Morgan fingerprint density at radius 1 is 1.32 bits per heavy atom. The Hall–Kier alpha value is -1.40. The maximum atomic E-state index is 10.5. The lowest BCUT2D eigenvalue weighted by Crippen LogP contribution is -2.41. The van der Waals surface area contributed by atoms with Crippen molar-refractivity contribution in [1.82, 2.24) is 20.2 Å². The van der Waals surface area contributed by atoms with Gasteiger partial charge in [0.25, 0.3) is 0 Å². The van der Waals surface area contributed by atoms with E-state index in [1.807, 2.05) is 30.3 Å². The minimum absolute atomic E-state index is 0.173. The molecule has 0 spiro atoms. The Balaban J connectivity index is 1.58. The number of tetrazole rings is 1. The fourth-order valence-corrected chi connectivity index (χ4v) is 4.00. The fraction of sp³-hybridized carbons (Fsp3) is 0.562. The van der Waals surface area contributed by atoms with Crippen molar-refractivity contribution in [3.05, 3.63) is 30.3 Å². The van der Waals surface area contributed by atoms with Gasteiger partial charge in [0.05, 0.1) is 11.8 Å². The van der Waals surface area contributed by atoms with Crippen molar-refractivity contribution >= 4 is 11.8 Å². The number of nitrogens with zero attached hydrogens (tertiary/aromatic N) is 4. The van der Waals surface area contributed by atoms with Crippen LogP contribution in [0.2, 0.25) is 0 Å². The number of para-hydroxylation sites is 1. The Labute approximate surface area is 135 Å². The van der Waals surface area contributed by atoms with Crippen LogP contribution >= 0.6 is 11.8 Å². The number of aliphatic hydroxyl groups is 1. The van der Waals surface area contributed by atoms with Crippen LogP contribution in [0, 0.1) is 5.41 Å². The van der Waals surface area contributed by atoms with Gasteiger partial charge in [-0.2, -0.15) is 4.68 Å². The summed E-state index contributed by atoms with van der Waals surface area (Å²) in [6.45, 7) is 2.19. The lowest BCUT2D eigenvalue weighted by Gasteiger charge is -2.45. The molecule has 1 saturated carbocycles. The summed E-state index contributed by atoms with van der Waals surface area (Å²) < 4.78 is 1.75. The summed E-state index contributed by atoms with van der Waals surface area (Å²) in [4.78, 5) is 0.